The summed E-state index contributed by atoms with van der Waals surface area (Å²) in [6.45, 7) is 5.37. The summed E-state index contributed by atoms with van der Waals surface area (Å²) in [6.07, 6.45) is 3.11. The van der Waals surface area contributed by atoms with Crippen molar-refractivity contribution in [3.05, 3.63) is 27.7 Å². The third-order valence-electron chi connectivity index (χ3n) is 3.80. The molecule has 1 fully saturated rings. The van der Waals surface area contributed by atoms with Crippen LogP contribution in [-0.2, 0) is 0 Å². The van der Waals surface area contributed by atoms with Crippen molar-refractivity contribution in [2.24, 2.45) is 0 Å². The van der Waals surface area contributed by atoms with E-state index < -0.39 is 0 Å². The van der Waals surface area contributed by atoms with Gasteiger partial charge in [-0.05, 0) is 37.9 Å². The number of piperidine rings is 1. The van der Waals surface area contributed by atoms with Crippen LogP contribution in [0, 0.1) is 0 Å². The predicted molar refractivity (Wildman–Crippen MR) is 88.1 cm³/mol. The van der Waals surface area contributed by atoms with Crippen LogP contribution in [-0.4, -0.2) is 36.5 Å². The molecule has 0 aromatic heterocycles. The molecule has 1 amide bonds. The first kappa shape index (κ1) is 16.4. The minimum atomic E-state index is -0.146. The van der Waals surface area contributed by atoms with Crippen LogP contribution >= 0.6 is 23.2 Å². The lowest BCUT2D eigenvalue weighted by Crippen LogP contribution is -2.44. The predicted octanol–water partition coefficient (Wildman–Crippen LogP) is 3.18. The van der Waals surface area contributed by atoms with E-state index in [1.165, 1.54) is 6.42 Å². The van der Waals surface area contributed by atoms with Crippen LogP contribution in [0.3, 0.4) is 0 Å². The van der Waals surface area contributed by atoms with Gasteiger partial charge in [-0.1, -0.05) is 30.1 Å². The maximum absolute atomic E-state index is 12.3. The molecule has 0 saturated carbocycles. The van der Waals surface area contributed by atoms with E-state index >= 15 is 0 Å². The number of benzene rings is 1. The van der Waals surface area contributed by atoms with Gasteiger partial charge in [-0.3, -0.25) is 4.79 Å². The summed E-state index contributed by atoms with van der Waals surface area (Å²) in [5, 5.41) is 3.67. The quantitative estimate of drug-likeness (QED) is 0.834. The monoisotopic (exact) mass is 329 g/mol. The van der Waals surface area contributed by atoms with E-state index in [1.807, 2.05) is 0 Å². The van der Waals surface area contributed by atoms with Crippen LogP contribution in [0.15, 0.2) is 12.1 Å². The van der Waals surface area contributed by atoms with E-state index in [2.05, 4.69) is 17.1 Å². The van der Waals surface area contributed by atoms with E-state index in [0.717, 1.165) is 32.5 Å². The Balaban J connectivity index is 1.93. The average Bonchev–Trinajstić information content (AvgIpc) is 2.46. The number of carbonyl (C=O) groups is 1. The fourth-order valence-electron chi connectivity index (χ4n) is 2.60. The summed E-state index contributed by atoms with van der Waals surface area (Å²) in [4.78, 5) is 14.7. The first-order chi connectivity index (χ1) is 10.0. The number of hydrogen-bond acceptors (Lipinski definition) is 3. The number of nitrogens with two attached hydrogens (primary N) is 1. The number of nitrogens with zero attached hydrogens (tertiary/aromatic N) is 1. The Morgan fingerprint density at radius 1 is 1.33 bits per heavy atom. The van der Waals surface area contributed by atoms with Crippen molar-refractivity contribution < 1.29 is 4.79 Å². The van der Waals surface area contributed by atoms with Crippen LogP contribution < -0.4 is 11.1 Å². The third kappa shape index (κ3) is 4.25. The lowest BCUT2D eigenvalue weighted by atomic mass is 10.0. The lowest BCUT2D eigenvalue weighted by molar-refractivity contribution is 0.0911. The normalized spacial score (nSPS) is 16.9. The van der Waals surface area contributed by atoms with Crippen molar-refractivity contribution in [3.8, 4) is 0 Å². The molecule has 1 aromatic rings. The summed E-state index contributed by atoms with van der Waals surface area (Å²) in [6, 6.07) is 3.33. The molecular formula is C15H21Cl2N3O. The molecule has 0 unspecified atom stereocenters. The molecule has 4 nitrogen and oxygen atoms in total. The highest BCUT2D eigenvalue weighted by Crippen LogP contribution is 2.28. The topological polar surface area (TPSA) is 58.4 Å². The fourth-order valence-corrected chi connectivity index (χ4v) is 3.09. The van der Waals surface area contributed by atoms with E-state index in [1.54, 1.807) is 12.1 Å². The summed E-state index contributed by atoms with van der Waals surface area (Å²) < 4.78 is 0. The standard InChI is InChI=1S/C15H21Cl2N3O/c1-2-5-20-6-3-11(4-7-20)19-15(21)10-8-12(16)14(18)13(17)9-10/h8-9,11H,2-7,18H2,1H3,(H,19,21). The molecule has 3 N–H and O–H groups in total. The third-order valence-corrected chi connectivity index (χ3v) is 4.43. The van der Waals surface area contributed by atoms with Gasteiger partial charge in [0.25, 0.3) is 5.91 Å². The molecule has 1 aliphatic heterocycles. The highest BCUT2D eigenvalue weighted by Gasteiger charge is 2.21. The van der Waals surface area contributed by atoms with Gasteiger partial charge in [0.15, 0.2) is 0 Å². The summed E-state index contributed by atoms with van der Waals surface area (Å²) in [7, 11) is 0. The number of halogens is 2. The first-order valence-corrected chi connectivity index (χ1v) is 8.04. The van der Waals surface area contributed by atoms with Crippen molar-refractivity contribution in [3.63, 3.8) is 0 Å². The number of hydrogen-bond donors (Lipinski definition) is 2. The maximum atomic E-state index is 12.3. The highest BCUT2D eigenvalue weighted by molar-refractivity contribution is 6.39. The Labute approximate surface area is 135 Å². The highest BCUT2D eigenvalue weighted by atomic mass is 35.5. The van der Waals surface area contributed by atoms with Gasteiger partial charge in [0.2, 0.25) is 0 Å². The Morgan fingerprint density at radius 2 is 1.90 bits per heavy atom. The molecule has 116 valence electrons. The van der Waals surface area contributed by atoms with E-state index in [4.69, 9.17) is 28.9 Å². The molecule has 6 heteroatoms. The second-order valence-corrected chi connectivity index (χ2v) is 6.26. The van der Waals surface area contributed by atoms with Crippen molar-refractivity contribution in [1.82, 2.24) is 10.2 Å². The van der Waals surface area contributed by atoms with Crippen molar-refractivity contribution >= 4 is 34.8 Å². The molecule has 0 radical (unpaired) electrons. The van der Waals surface area contributed by atoms with Crippen molar-refractivity contribution in [2.45, 2.75) is 32.2 Å². The van der Waals surface area contributed by atoms with Crippen LogP contribution in [0.4, 0.5) is 5.69 Å². The van der Waals surface area contributed by atoms with Crippen LogP contribution in [0.2, 0.25) is 10.0 Å². The number of carbonyl (C=O) groups excluding carboxylic acids is 1. The van der Waals surface area contributed by atoms with Gasteiger partial charge >= 0.3 is 0 Å². The van der Waals surface area contributed by atoms with Crippen LogP contribution in [0.1, 0.15) is 36.5 Å². The smallest absolute Gasteiger partial charge is 0.251 e. The Bertz CT molecular complexity index is 491. The van der Waals surface area contributed by atoms with E-state index in [-0.39, 0.29) is 11.9 Å². The summed E-state index contributed by atoms with van der Waals surface area (Å²) >= 11 is 11.9. The van der Waals surface area contributed by atoms with Gasteiger partial charge in [0, 0.05) is 24.7 Å². The molecule has 1 heterocycles. The number of nitrogens with one attached hydrogen (secondary N) is 1. The molecule has 1 saturated heterocycles. The van der Waals surface area contributed by atoms with Crippen molar-refractivity contribution in [1.29, 1.82) is 0 Å². The van der Waals surface area contributed by atoms with Crippen LogP contribution in [0.5, 0.6) is 0 Å². The molecular weight excluding hydrogens is 309 g/mol. The zero-order chi connectivity index (χ0) is 15.4. The molecule has 1 aromatic carbocycles. The Hall–Kier alpha value is -0.970. The molecule has 0 aliphatic carbocycles. The van der Waals surface area contributed by atoms with E-state index in [9.17, 15) is 4.79 Å². The second kappa shape index (κ2) is 7.34. The van der Waals surface area contributed by atoms with Crippen molar-refractivity contribution in [2.75, 3.05) is 25.4 Å². The molecule has 0 atom stereocenters. The van der Waals surface area contributed by atoms with Gasteiger partial charge in [0.1, 0.15) is 0 Å². The lowest BCUT2D eigenvalue weighted by Gasteiger charge is -2.32. The second-order valence-electron chi connectivity index (χ2n) is 5.44. The SMILES string of the molecule is CCCN1CCC(NC(=O)c2cc(Cl)c(N)c(Cl)c2)CC1. The minimum Gasteiger partial charge on any atom is -0.396 e. The van der Waals surface area contributed by atoms with Gasteiger partial charge in [-0.25, -0.2) is 0 Å². The largest absolute Gasteiger partial charge is 0.396 e. The maximum Gasteiger partial charge on any atom is 0.251 e. The fraction of sp³-hybridized carbons (Fsp3) is 0.533. The summed E-state index contributed by atoms with van der Waals surface area (Å²) in [5.74, 6) is -0.146. The number of amides is 1. The molecule has 2 rings (SSSR count). The zero-order valence-corrected chi connectivity index (χ0v) is 13.7. The Kier molecular flexibility index (Phi) is 5.73. The molecule has 21 heavy (non-hydrogen) atoms. The zero-order valence-electron chi connectivity index (χ0n) is 12.2. The molecule has 0 bridgehead atoms. The number of rotatable bonds is 4. The van der Waals surface area contributed by atoms with Gasteiger partial charge in [0.05, 0.1) is 15.7 Å². The van der Waals surface area contributed by atoms with Gasteiger partial charge < -0.3 is 16.0 Å². The molecule has 1 aliphatic rings. The molecule has 0 spiro atoms. The van der Waals surface area contributed by atoms with Gasteiger partial charge in [-0.2, -0.15) is 0 Å². The number of anilines is 1. The summed E-state index contributed by atoms with van der Waals surface area (Å²) in [5.41, 5.74) is 6.44. The minimum absolute atomic E-state index is 0.146. The van der Waals surface area contributed by atoms with Gasteiger partial charge in [-0.15, -0.1) is 0 Å². The number of nitrogen functional groups attached to an aromatic ring is 1. The Morgan fingerprint density at radius 3 is 2.43 bits per heavy atom. The average molecular weight is 330 g/mol. The first-order valence-electron chi connectivity index (χ1n) is 7.29. The van der Waals surface area contributed by atoms with E-state index in [0.29, 0.717) is 21.3 Å². The number of likely N-dealkylation sites (tertiary alicyclic amines) is 1. The van der Waals surface area contributed by atoms with Crippen LogP contribution in [0.25, 0.3) is 0 Å².